The van der Waals surface area contributed by atoms with Gasteiger partial charge in [0.15, 0.2) is 0 Å². The van der Waals surface area contributed by atoms with E-state index in [0.29, 0.717) is 31.0 Å². The number of hydrogen-bond acceptors (Lipinski definition) is 4. The summed E-state index contributed by atoms with van der Waals surface area (Å²) in [6.07, 6.45) is 1.77. The minimum atomic E-state index is -0.612. The minimum absolute atomic E-state index is 0.0667. The Bertz CT molecular complexity index is 696. The molecule has 1 saturated heterocycles. The Kier molecular flexibility index (Phi) is 2.81. The van der Waals surface area contributed by atoms with Crippen molar-refractivity contribution in [3.63, 3.8) is 0 Å². The van der Waals surface area contributed by atoms with Crippen LogP contribution in [0.3, 0.4) is 0 Å². The zero-order valence-electron chi connectivity index (χ0n) is 10.8. The zero-order valence-corrected chi connectivity index (χ0v) is 12.4. The van der Waals surface area contributed by atoms with Crippen LogP contribution in [0, 0.1) is 0 Å². The van der Waals surface area contributed by atoms with Crippen molar-refractivity contribution in [2.45, 2.75) is 19.1 Å². The number of likely N-dealkylation sites (tertiary alicyclic amines) is 1. The summed E-state index contributed by atoms with van der Waals surface area (Å²) >= 11 is 3.35. The molecule has 0 bridgehead atoms. The van der Waals surface area contributed by atoms with Crippen LogP contribution in [-0.2, 0) is 13.6 Å². The van der Waals surface area contributed by atoms with Crippen LogP contribution in [0.1, 0.15) is 12.7 Å². The van der Waals surface area contributed by atoms with Crippen LogP contribution in [0.15, 0.2) is 21.5 Å². The van der Waals surface area contributed by atoms with Gasteiger partial charge in [0.2, 0.25) is 0 Å². The van der Waals surface area contributed by atoms with E-state index in [0.717, 1.165) is 4.47 Å². The van der Waals surface area contributed by atoms with Crippen molar-refractivity contribution in [1.82, 2.24) is 19.1 Å². The molecule has 2 aromatic heterocycles. The molecule has 19 heavy (non-hydrogen) atoms. The second-order valence-electron chi connectivity index (χ2n) is 5.41. The molecule has 0 aliphatic carbocycles. The van der Waals surface area contributed by atoms with E-state index in [4.69, 9.17) is 0 Å². The summed E-state index contributed by atoms with van der Waals surface area (Å²) in [5.74, 6) is 0.691. The summed E-state index contributed by atoms with van der Waals surface area (Å²) in [4.78, 5) is 14.3. The second-order valence-corrected chi connectivity index (χ2v) is 6.33. The molecule has 1 N–H and O–H groups in total. The fourth-order valence-electron chi connectivity index (χ4n) is 2.51. The number of halogens is 1. The number of fused-ring (bicyclic) bond motifs is 1. The van der Waals surface area contributed by atoms with Crippen molar-refractivity contribution < 1.29 is 5.11 Å². The van der Waals surface area contributed by atoms with Gasteiger partial charge in [0.25, 0.3) is 5.56 Å². The average Bonchev–Trinajstić information content (AvgIpc) is 2.64. The number of β-amino-alcohol motifs (C(OH)–C–C–N with tert-alkyl or cyclic N) is 1. The number of nitrogens with zero attached hydrogens (tertiary/aromatic N) is 4. The molecular formula is C12H15BrN4O2. The van der Waals surface area contributed by atoms with Gasteiger partial charge < -0.3 is 5.11 Å². The summed E-state index contributed by atoms with van der Waals surface area (Å²) in [7, 11) is 1.73. The highest BCUT2D eigenvalue weighted by Crippen LogP contribution is 2.21. The molecule has 0 amide bonds. The first-order chi connectivity index (χ1) is 8.85. The summed E-state index contributed by atoms with van der Waals surface area (Å²) in [5, 5.41) is 14.2. The molecule has 0 unspecified atom stereocenters. The third kappa shape index (κ3) is 2.22. The molecule has 3 rings (SSSR count). The standard InChI is InChI=1S/C12H15BrN4O2/c1-12(19)6-16(7-12)5-10-14-17-4-8(13)3-9(17)11(18)15(10)2/h3-4,19H,5-7H2,1-2H3. The number of aromatic nitrogens is 3. The van der Waals surface area contributed by atoms with Gasteiger partial charge in [0, 0.05) is 30.8 Å². The van der Waals surface area contributed by atoms with E-state index in [9.17, 15) is 9.90 Å². The molecule has 0 aromatic carbocycles. The van der Waals surface area contributed by atoms with Gasteiger partial charge in [-0.2, -0.15) is 5.10 Å². The lowest BCUT2D eigenvalue weighted by Gasteiger charge is -2.44. The minimum Gasteiger partial charge on any atom is -0.388 e. The second kappa shape index (κ2) is 4.16. The number of hydrogen-bond donors (Lipinski definition) is 1. The molecule has 0 radical (unpaired) electrons. The van der Waals surface area contributed by atoms with Crippen LogP contribution >= 0.6 is 15.9 Å². The van der Waals surface area contributed by atoms with E-state index < -0.39 is 5.60 Å². The molecule has 0 atom stereocenters. The molecule has 6 nitrogen and oxygen atoms in total. The lowest BCUT2D eigenvalue weighted by molar-refractivity contribution is -0.0885. The smallest absolute Gasteiger partial charge is 0.277 e. The van der Waals surface area contributed by atoms with Crippen LogP contribution in [0.25, 0.3) is 5.52 Å². The summed E-state index contributed by atoms with van der Waals surface area (Å²) in [6.45, 7) is 3.59. The van der Waals surface area contributed by atoms with E-state index in [-0.39, 0.29) is 5.56 Å². The van der Waals surface area contributed by atoms with Gasteiger partial charge >= 0.3 is 0 Å². The zero-order chi connectivity index (χ0) is 13.8. The lowest BCUT2D eigenvalue weighted by Crippen LogP contribution is -2.59. The van der Waals surface area contributed by atoms with Crippen molar-refractivity contribution >= 4 is 21.4 Å². The fraction of sp³-hybridized carbons (Fsp3) is 0.500. The number of rotatable bonds is 2. The highest BCUT2D eigenvalue weighted by Gasteiger charge is 2.36. The van der Waals surface area contributed by atoms with Gasteiger partial charge in [-0.15, -0.1) is 0 Å². The van der Waals surface area contributed by atoms with Gasteiger partial charge in [-0.3, -0.25) is 14.3 Å². The van der Waals surface area contributed by atoms with E-state index in [1.54, 1.807) is 28.4 Å². The molecule has 3 heterocycles. The van der Waals surface area contributed by atoms with E-state index in [1.165, 1.54) is 0 Å². The monoisotopic (exact) mass is 326 g/mol. The first-order valence-electron chi connectivity index (χ1n) is 6.04. The van der Waals surface area contributed by atoms with Crippen molar-refractivity contribution in [3.8, 4) is 0 Å². The largest absolute Gasteiger partial charge is 0.388 e. The Labute approximate surface area is 118 Å². The highest BCUT2D eigenvalue weighted by atomic mass is 79.9. The quantitative estimate of drug-likeness (QED) is 0.865. The highest BCUT2D eigenvalue weighted by molar-refractivity contribution is 9.10. The Hall–Kier alpha value is -1.18. The number of aliphatic hydroxyl groups is 1. The predicted molar refractivity (Wildman–Crippen MR) is 74.0 cm³/mol. The van der Waals surface area contributed by atoms with Gasteiger partial charge in [-0.25, -0.2) is 4.52 Å². The molecule has 7 heteroatoms. The van der Waals surface area contributed by atoms with E-state index >= 15 is 0 Å². The molecule has 1 aliphatic heterocycles. The molecule has 1 fully saturated rings. The Morgan fingerprint density at radius 3 is 2.84 bits per heavy atom. The average molecular weight is 327 g/mol. The molecular weight excluding hydrogens is 312 g/mol. The third-order valence-electron chi connectivity index (χ3n) is 3.39. The molecule has 0 saturated carbocycles. The van der Waals surface area contributed by atoms with Crippen molar-refractivity contribution in [1.29, 1.82) is 0 Å². The van der Waals surface area contributed by atoms with Gasteiger partial charge in [-0.1, -0.05) is 0 Å². The molecule has 2 aromatic rings. The Morgan fingerprint density at radius 2 is 2.21 bits per heavy atom. The predicted octanol–water partition coefficient (Wildman–Crippen LogP) is 0.362. The van der Waals surface area contributed by atoms with Crippen molar-refractivity contribution in [3.05, 3.63) is 32.9 Å². The van der Waals surface area contributed by atoms with Gasteiger partial charge in [0.1, 0.15) is 11.3 Å². The van der Waals surface area contributed by atoms with Gasteiger partial charge in [0.05, 0.1) is 12.1 Å². The molecule has 1 aliphatic rings. The maximum atomic E-state index is 12.2. The Morgan fingerprint density at radius 1 is 1.53 bits per heavy atom. The lowest BCUT2D eigenvalue weighted by atomic mass is 9.97. The molecule has 0 spiro atoms. The topological polar surface area (TPSA) is 62.8 Å². The summed E-state index contributed by atoms with van der Waals surface area (Å²) in [5.41, 5.74) is -0.129. The Balaban J connectivity index is 1.96. The SMILES string of the molecule is Cn1c(CN2CC(C)(O)C2)nn2cc(Br)cc2c1=O. The van der Waals surface area contributed by atoms with Crippen LogP contribution in [0.5, 0.6) is 0 Å². The summed E-state index contributed by atoms with van der Waals surface area (Å²) < 4.78 is 4.00. The maximum absolute atomic E-state index is 12.2. The molecule has 102 valence electrons. The fourth-order valence-corrected chi connectivity index (χ4v) is 2.92. The van der Waals surface area contributed by atoms with Crippen LogP contribution in [0.4, 0.5) is 0 Å². The van der Waals surface area contributed by atoms with E-state index in [2.05, 4.69) is 25.9 Å². The normalized spacial score (nSPS) is 18.7. The van der Waals surface area contributed by atoms with E-state index in [1.807, 2.05) is 6.92 Å². The van der Waals surface area contributed by atoms with Crippen molar-refractivity contribution in [2.24, 2.45) is 7.05 Å². The van der Waals surface area contributed by atoms with Gasteiger partial charge in [-0.05, 0) is 28.9 Å². The first kappa shape index (κ1) is 12.8. The summed E-state index contributed by atoms with van der Waals surface area (Å²) in [6, 6.07) is 1.76. The van der Waals surface area contributed by atoms with Crippen LogP contribution in [-0.4, -0.2) is 42.9 Å². The first-order valence-corrected chi connectivity index (χ1v) is 6.83. The van der Waals surface area contributed by atoms with Crippen LogP contribution < -0.4 is 5.56 Å². The van der Waals surface area contributed by atoms with Crippen molar-refractivity contribution in [2.75, 3.05) is 13.1 Å². The maximum Gasteiger partial charge on any atom is 0.277 e. The third-order valence-corrected chi connectivity index (χ3v) is 3.83. The van der Waals surface area contributed by atoms with Crippen LogP contribution in [0.2, 0.25) is 0 Å².